The van der Waals surface area contributed by atoms with E-state index in [1.807, 2.05) is 4.90 Å². The molecule has 0 saturated carbocycles. The predicted octanol–water partition coefficient (Wildman–Crippen LogP) is 2.43. The van der Waals surface area contributed by atoms with Crippen LogP contribution in [0.4, 0.5) is 10.1 Å². The summed E-state index contributed by atoms with van der Waals surface area (Å²) in [5.41, 5.74) is 7.34. The fourth-order valence-corrected chi connectivity index (χ4v) is 3.91. The number of hydrogen-bond acceptors (Lipinski definition) is 5. The van der Waals surface area contributed by atoms with Crippen LogP contribution >= 0.6 is 11.6 Å². The number of rotatable bonds is 4. The van der Waals surface area contributed by atoms with Crippen LogP contribution in [-0.2, 0) is 6.54 Å². The molecular formula is C20H20ClFN4O2. The smallest absolute Gasteiger partial charge is 0.264 e. The highest BCUT2D eigenvalue weighted by Gasteiger charge is 2.38. The summed E-state index contributed by atoms with van der Waals surface area (Å²) < 4.78 is 14.0. The maximum absolute atomic E-state index is 14.0. The summed E-state index contributed by atoms with van der Waals surface area (Å²) in [5, 5.41) is 0.422. The number of nitrogens with two attached hydrogens (primary N) is 1. The molecule has 2 N–H and O–H groups in total. The first-order chi connectivity index (χ1) is 13.5. The molecule has 28 heavy (non-hydrogen) atoms. The van der Waals surface area contributed by atoms with Crippen molar-refractivity contribution in [3.8, 4) is 0 Å². The van der Waals surface area contributed by atoms with Gasteiger partial charge < -0.3 is 5.73 Å². The molecule has 0 radical (unpaired) electrons. The zero-order valence-electron chi connectivity index (χ0n) is 15.2. The van der Waals surface area contributed by atoms with Crippen LogP contribution < -0.4 is 5.73 Å². The van der Waals surface area contributed by atoms with E-state index in [2.05, 4.69) is 4.90 Å². The second kappa shape index (κ2) is 7.50. The third-order valence-corrected chi connectivity index (χ3v) is 5.64. The third-order valence-electron chi connectivity index (χ3n) is 5.28. The first-order valence-corrected chi connectivity index (χ1v) is 9.46. The van der Waals surface area contributed by atoms with Crippen molar-refractivity contribution < 1.29 is 14.0 Å². The second-order valence-corrected chi connectivity index (χ2v) is 7.45. The Hall–Kier alpha value is -2.48. The SMILES string of the molecule is Nc1cccc2c1C(=O)N(CN1CCN(Cc3c(F)cccc3Cl)CC1)C2=O. The molecule has 4 rings (SSSR count). The molecule has 6 nitrogen and oxygen atoms in total. The molecule has 2 heterocycles. The van der Waals surface area contributed by atoms with Crippen LogP contribution in [-0.4, -0.2) is 59.4 Å². The highest BCUT2D eigenvalue weighted by atomic mass is 35.5. The summed E-state index contributed by atoms with van der Waals surface area (Å²) >= 11 is 6.11. The third kappa shape index (κ3) is 3.37. The topological polar surface area (TPSA) is 69.9 Å². The lowest BCUT2D eigenvalue weighted by Gasteiger charge is -2.36. The first-order valence-electron chi connectivity index (χ1n) is 9.08. The number of carbonyl (C=O) groups is 2. The molecule has 146 valence electrons. The number of nitrogens with zero attached hydrogens (tertiary/aromatic N) is 3. The number of fused-ring (bicyclic) bond motifs is 1. The molecule has 1 fully saturated rings. The number of hydrogen-bond donors (Lipinski definition) is 1. The number of amides is 2. The maximum atomic E-state index is 14.0. The van der Waals surface area contributed by atoms with Gasteiger partial charge in [-0.15, -0.1) is 0 Å². The van der Waals surface area contributed by atoms with Gasteiger partial charge in [0.2, 0.25) is 0 Å². The van der Waals surface area contributed by atoms with Gasteiger partial charge in [0.05, 0.1) is 17.8 Å². The van der Waals surface area contributed by atoms with E-state index in [0.29, 0.717) is 60.1 Å². The predicted molar refractivity (Wildman–Crippen MR) is 104 cm³/mol. The Balaban J connectivity index is 1.37. The van der Waals surface area contributed by atoms with Crippen LogP contribution in [0.1, 0.15) is 26.3 Å². The molecule has 0 unspecified atom stereocenters. The van der Waals surface area contributed by atoms with Crippen LogP contribution in [0, 0.1) is 5.82 Å². The lowest BCUT2D eigenvalue weighted by molar-refractivity contribution is 0.0447. The molecule has 2 aromatic carbocycles. The molecule has 2 aliphatic rings. The van der Waals surface area contributed by atoms with Crippen LogP contribution in [0.3, 0.4) is 0 Å². The molecule has 1 saturated heterocycles. The number of imide groups is 1. The standard InChI is InChI=1S/C20H20ClFN4O2/c21-15-4-2-5-16(22)14(15)11-24-7-9-25(10-8-24)12-26-19(27)13-3-1-6-17(23)18(13)20(26)28/h1-6H,7-12,23H2. The van der Waals surface area contributed by atoms with Crippen LogP contribution in [0.5, 0.6) is 0 Å². The number of halogens is 2. The van der Waals surface area contributed by atoms with Crippen LogP contribution in [0.2, 0.25) is 5.02 Å². The van der Waals surface area contributed by atoms with E-state index in [0.717, 1.165) is 0 Å². The van der Waals surface area contributed by atoms with Gasteiger partial charge in [0, 0.05) is 49.0 Å². The Morgan fingerprint density at radius 2 is 1.64 bits per heavy atom. The fourth-order valence-electron chi connectivity index (χ4n) is 3.68. The minimum Gasteiger partial charge on any atom is -0.398 e. The van der Waals surface area contributed by atoms with Crippen LogP contribution in [0.15, 0.2) is 36.4 Å². The lowest BCUT2D eigenvalue weighted by atomic mass is 10.1. The van der Waals surface area contributed by atoms with Crippen molar-refractivity contribution >= 4 is 29.1 Å². The van der Waals surface area contributed by atoms with Gasteiger partial charge in [0.1, 0.15) is 5.82 Å². The van der Waals surface area contributed by atoms with Crippen molar-refractivity contribution in [2.24, 2.45) is 0 Å². The van der Waals surface area contributed by atoms with E-state index in [9.17, 15) is 14.0 Å². The number of anilines is 1. The molecule has 0 spiro atoms. The van der Waals surface area contributed by atoms with Gasteiger partial charge in [-0.1, -0.05) is 23.7 Å². The molecule has 8 heteroatoms. The van der Waals surface area contributed by atoms with E-state index >= 15 is 0 Å². The molecule has 2 amide bonds. The van der Waals surface area contributed by atoms with E-state index in [4.69, 9.17) is 17.3 Å². The Kier molecular flexibility index (Phi) is 5.05. The van der Waals surface area contributed by atoms with E-state index < -0.39 is 0 Å². The van der Waals surface area contributed by atoms with Gasteiger partial charge in [0.25, 0.3) is 11.8 Å². The van der Waals surface area contributed by atoms with Crippen molar-refractivity contribution in [3.05, 3.63) is 63.9 Å². The second-order valence-electron chi connectivity index (χ2n) is 7.04. The van der Waals surface area contributed by atoms with Crippen molar-refractivity contribution in [2.75, 3.05) is 38.6 Å². The number of carbonyl (C=O) groups excluding carboxylic acids is 2. The normalized spacial score (nSPS) is 18.0. The Bertz CT molecular complexity index is 924. The zero-order chi connectivity index (χ0) is 19.8. The molecule has 0 aromatic heterocycles. The van der Waals surface area contributed by atoms with Gasteiger partial charge >= 0.3 is 0 Å². The van der Waals surface area contributed by atoms with Crippen molar-refractivity contribution in [2.45, 2.75) is 6.54 Å². The summed E-state index contributed by atoms with van der Waals surface area (Å²) in [5.74, 6) is -0.968. The van der Waals surface area contributed by atoms with E-state index in [-0.39, 0.29) is 24.3 Å². The molecular weight excluding hydrogens is 383 g/mol. The molecule has 0 bridgehead atoms. The van der Waals surface area contributed by atoms with Gasteiger partial charge in [-0.25, -0.2) is 4.39 Å². The summed E-state index contributed by atoms with van der Waals surface area (Å²) in [4.78, 5) is 30.6. The Labute approximate surface area is 167 Å². The minimum absolute atomic E-state index is 0.222. The number of benzene rings is 2. The maximum Gasteiger partial charge on any atom is 0.264 e. The number of nitrogen functional groups attached to an aromatic ring is 1. The average Bonchev–Trinajstić information content (AvgIpc) is 2.92. The molecule has 2 aromatic rings. The van der Waals surface area contributed by atoms with E-state index in [1.165, 1.54) is 11.0 Å². The van der Waals surface area contributed by atoms with Gasteiger partial charge in [-0.3, -0.25) is 24.3 Å². The van der Waals surface area contributed by atoms with Gasteiger partial charge in [-0.05, 0) is 24.3 Å². The van der Waals surface area contributed by atoms with E-state index in [1.54, 1.807) is 30.3 Å². The highest BCUT2D eigenvalue weighted by molar-refractivity contribution is 6.31. The first kappa shape index (κ1) is 18.9. The monoisotopic (exact) mass is 402 g/mol. The molecule has 2 aliphatic heterocycles. The largest absolute Gasteiger partial charge is 0.398 e. The Morgan fingerprint density at radius 1 is 0.964 bits per heavy atom. The van der Waals surface area contributed by atoms with Gasteiger partial charge in [-0.2, -0.15) is 0 Å². The quantitative estimate of drug-likeness (QED) is 0.628. The minimum atomic E-state index is -0.348. The van der Waals surface area contributed by atoms with Crippen molar-refractivity contribution in [3.63, 3.8) is 0 Å². The summed E-state index contributed by atoms with van der Waals surface area (Å²) in [6.45, 7) is 3.36. The molecule has 0 atom stereocenters. The summed E-state index contributed by atoms with van der Waals surface area (Å²) in [7, 11) is 0. The lowest BCUT2D eigenvalue weighted by Crippen LogP contribution is -2.50. The van der Waals surface area contributed by atoms with Crippen molar-refractivity contribution in [1.29, 1.82) is 0 Å². The number of piperazine rings is 1. The summed E-state index contributed by atoms with van der Waals surface area (Å²) in [6, 6.07) is 9.61. The van der Waals surface area contributed by atoms with Gasteiger partial charge in [0.15, 0.2) is 0 Å². The van der Waals surface area contributed by atoms with Crippen LogP contribution in [0.25, 0.3) is 0 Å². The summed E-state index contributed by atoms with van der Waals surface area (Å²) in [6.07, 6.45) is 0. The Morgan fingerprint density at radius 3 is 2.32 bits per heavy atom. The fraction of sp³-hybridized carbons (Fsp3) is 0.300. The average molecular weight is 403 g/mol. The highest BCUT2D eigenvalue weighted by Crippen LogP contribution is 2.28. The zero-order valence-corrected chi connectivity index (χ0v) is 16.0. The van der Waals surface area contributed by atoms with Crippen molar-refractivity contribution in [1.82, 2.24) is 14.7 Å². The molecule has 0 aliphatic carbocycles.